The summed E-state index contributed by atoms with van der Waals surface area (Å²) in [6, 6.07) is 7.24. The van der Waals surface area contributed by atoms with Crippen LogP contribution < -0.4 is 16.2 Å². The number of fused-ring (bicyclic) bond motifs is 1. The minimum Gasteiger partial charge on any atom is -0.384 e. The summed E-state index contributed by atoms with van der Waals surface area (Å²) in [4.78, 5) is 15.0. The Morgan fingerprint density at radius 2 is 2.05 bits per heavy atom. The second-order valence-electron chi connectivity index (χ2n) is 4.78. The second kappa shape index (κ2) is 5.66. The van der Waals surface area contributed by atoms with E-state index in [1.807, 2.05) is 0 Å². The van der Waals surface area contributed by atoms with E-state index < -0.39 is 22.0 Å². The summed E-state index contributed by atoms with van der Waals surface area (Å²) in [5.74, 6) is -0.199. The monoisotopic (exact) mass is 308 g/mol. The van der Waals surface area contributed by atoms with Crippen LogP contribution >= 0.6 is 0 Å². The molecule has 0 aliphatic carbocycles. The maximum absolute atomic E-state index is 12.2. The summed E-state index contributed by atoms with van der Waals surface area (Å²) < 4.78 is 26.9. The van der Waals surface area contributed by atoms with Crippen LogP contribution in [0.3, 0.4) is 0 Å². The van der Waals surface area contributed by atoms with Gasteiger partial charge in [-0.15, -0.1) is 0 Å². The van der Waals surface area contributed by atoms with Crippen molar-refractivity contribution >= 4 is 32.7 Å². The molecular weight excluding hydrogens is 292 g/mol. The molecule has 0 aliphatic rings. The van der Waals surface area contributed by atoms with Crippen LogP contribution in [0.2, 0.25) is 0 Å². The van der Waals surface area contributed by atoms with Crippen molar-refractivity contribution in [2.75, 3.05) is 5.73 Å². The Labute approximate surface area is 122 Å². The van der Waals surface area contributed by atoms with Gasteiger partial charge in [0.2, 0.25) is 15.9 Å². The molecule has 5 N–H and O–H groups in total. The van der Waals surface area contributed by atoms with Crippen molar-refractivity contribution in [3.8, 4) is 0 Å². The van der Waals surface area contributed by atoms with Crippen LogP contribution in [0.1, 0.15) is 13.3 Å². The normalized spacial score (nSPS) is 13.2. The number of nitrogens with two attached hydrogens (primary N) is 2. The summed E-state index contributed by atoms with van der Waals surface area (Å²) in [6.07, 6.45) is -0.0646. The smallest absolute Gasteiger partial charge is 0.240 e. The summed E-state index contributed by atoms with van der Waals surface area (Å²) in [5.41, 5.74) is 11.2. The third kappa shape index (κ3) is 3.67. The Kier molecular flexibility index (Phi) is 4.10. The molecule has 0 saturated heterocycles. The fourth-order valence-corrected chi connectivity index (χ4v) is 3.24. The van der Waals surface area contributed by atoms with Gasteiger partial charge in [-0.3, -0.25) is 4.79 Å². The summed E-state index contributed by atoms with van der Waals surface area (Å²) in [5, 5.41) is 0.662. The highest BCUT2D eigenvalue weighted by atomic mass is 32.2. The van der Waals surface area contributed by atoms with Gasteiger partial charge in [-0.2, -0.15) is 0 Å². The van der Waals surface area contributed by atoms with Crippen LogP contribution in [0.15, 0.2) is 35.2 Å². The Morgan fingerprint density at radius 1 is 1.33 bits per heavy atom. The largest absolute Gasteiger partial charge is 0.384 e. The fraction of sp³-hybridized carbons (Fsp3) is 0.231. The Morgan fingerprint density at radius 3 is 2.71 bits per heavy atom. The van der Waals surface area contributed by atoms with Gasteiger partial charge in [0.25, 0.3) is 0 Å². The lowest BCUT2D eigenvalue weighted by molar-refractivity contribution is -0.118. The zero-order valence-electron chi connectivity index (χ0n) is 11.4. The number of amides is 1. The van der Waals surface area contributed by atoms with E-state index in [2.05, 4.69) is 9.71 Å². The van der Waals surface area contributed by atoms with Gasteiger partial charge in [0.1, 0.15) is 5.82 Å². The zero-order chi connectivity index (χ0) is 15.6. The number of nitrogens with zero attached hydrogens (tertiary/aromatic N) is 1. The molecule has 0 saturated carbocycles. The SMILES string of the molecule is CC(CC(N)=O)NS(=O)(=O)c1ccc2nc(N)ccc2c1. The highest BCUT2D eigenvalue weighted by molar-refractivity contribution is 7.89. The molecule has 0 fully saturated rings. The molecule has 1 heterocycles. The molecule has 21 heavy (non-hydrogen) atoms. The second-order valence-corrected chi connectivity index (χ2v) is 6.50. The summed E-state index contributed by atoms with van der Waals surface area (Å²) in [7, 11) is -3.72. The van der Waals surface area contributed by atoms with Gasteiger partial charge < -0.3 is 11.5 Å². The molecule has 7 nitrogen and oxygen atoms in total. The molecule has 2 rings (SSSR count). The number of rotatable bonds is 5. The molecule has 112 valence electrons. The molecule has 8 heteroatoms. The van der Waals surface area contributed by atoms with Crippen molar-refractivity contribution < 1.29 is 13.2 Å². The van der Waals surface area contributed by atoms with Crippen LogP contribution in [-0.4, -0.2) is 25.4 Å². The van der Waals surface area contributed by atoms with E-state index in [1.165, 1.54) is 12.1 Å². The molecule has 2 aromatic rings. The Bertz CT molecular complexity index is 789. The van der Waals surface area contributed by atoms with Gasteiger partial charge in [0, 0.05) is 17.8 Å². The number of carbonyl (C=O) groups is 1. The lowest BCUT2D eigenvalue weighted by Gasteiger charge is -2.13. The van der Waals surface area contributed by atoms with E-state index in [9.17, 15) is 13.2 Å². The number of aromatic nitrogens is 1. The van der Waals surface area contributed by atoms with Crippen molar-refractivity contribution in [3.05, 3.63) is 30.3 Å². The average molecular weight is 308 g/mol. The molecule has 1 aromatic carbocycles. The maximum atomic E-state index is 12.2. The van der Waals surface area contributed by atoms with Crippen molar-refractivity contribution in [1.82, 2.24) is 9.71 Å². The first-order valence-corrected chi connectivity index (χ1v) is 7.73. The molecule has 1 aromatic heterocycles. The highest BCUT2D eigenvalue weighted by Crippen LogP contribution is 2.19. The molecule has 0 spiro atoms. The van der Waals surface area contributed by atoms with Crippen LogP contribution in [-0.2, 0) is 14.8 Å². The summed E-state index contributed by atoms with van der Waals surface area (Å²) >= 11 is 0. The number of primary amides is 1. The van der Waals surface area contributed by atoms with E-state index >= 15 is 0 Å². The topological polar surface area (TPSA) is 128 Å². The Hall–Kier alpha value is -2.19. The van der Waals surface area contributed by atoms with Crippen LogP contribution in [0.5, 0.6) is 0 Å². The van der Waals surface area contributed by atoms with Crippen molar-refractivity contribution in [2.24, 2.45) is 5.73 Å². The quantitative estimate of drug-likeness (QED) is 0.734. The lowest BCUT2D eigenvalue weighted by Crippen LogP contribution is -2.35. The van der Waals surface area contributed by atoms with E-state index in [-0.39, 0.29) is 11.3 Å². The number of sulfonamides is 1. The highest BCUT2D eigenvalue weighted by Gasteiger charge is 2.18. The number of pyridine rings is 1. The molecule has 1 unspecified atom stereocenters. The number of nitrogen functional groups attached to an aromatic ring is 1. The Balaban J connectivity index is 2.32. The third-order valence-electron chi connectivity index (χ3n) is 2.86. The number of anilines is 1. The predicted octanol–water partition coefficient (Wildman–Crippen LogP) is 0.359. The van der Waals surface area contributed by atoms with Crippen LogP contribution in [0.25, 0.3) is 10.9 Å². The van der Waals surface area contributed by atoms with Gasteiger partial charge in [-0.25, -0.2) is 18.1 Å². The first-order chi connectivity index (χ1) is 9.78. The summed E-state index contributed by atoms with van der Waals surface area (Å²) in [6.45, 7) is 1.58. The van der Waals surface area contributed by atoms with Crippen LogP contribution in [0.4, 0.5) is 5.82 Å². The minimum absolute atomic E-state index is 0.0646. The standard InChI is InChI=1S/C13H16N4O3S/c1-8(6-13(15)18)17-21(19,20)10-3-4-11-9(7-10)2-5-12(14)16-11/h2-5,7-8,17H,6H2,1H3,(H2,14,16)(H2,15,18). The number of hydrogen-bond acceptors (Lipinski definition) is 5. The minimum atomic E-state index is -3.72. The number of carbonyl (C=O) groups excluding carboxylic acids is 1. The van der Waals surface area contributed by atoms with Gasteiger partial charge >= 0.3 is 0 Å². The molecule has 0 radical (unpaired) electrons. The molecule has 0 aliphatic heterocycles. The van der Waals surface area contributed by atoms with E-state index in [0.717, 1.165) is 0 Å². The van der Waals surface area contributed by atoms with Crippen molar-refractivity contribution in [3.63, 3.8) is 0 Å². The third-order valence-corrected chi connectivity index (χ3v) is 4.44. The van der Waals surface area contributed by atoms with Crippen LogP contribution in [0, 0.1) is 0 Å². The zero-order valence-corrected chi connectivity index (χ0v) is 12.2. The number of nitrogens with one attached hydrogen (secondary N) is 1. The van der Waals surface area contributed by atoms with Crippen molar-refractivity contribution in [1.29, 1.82) is 0 Å². The van der Waals surface area contributed by atoms with E-state index in [4.69, 9.17) is 11.5 Å². The number of hydrogen-bond donors (Lipinski definition) is 3. The van der Waals surface area contributed by atoms with E-state index in [0.29, 0.717) is 16.7 Å². The average Bonchev–Trinajstić information content (AvgIpc) is 2.36. The van der Waals surface area contributed by atoms with Gasteiger partial charge in [-0.05, 0) is 37.3 Å². The van der Waals surface area contributed by atoms with E-state index in [1.54, 1.807) is 25.1 Å². The molecule has 1 atom stereocenters. The van der Waals surface area contributed by atoms with Gasteiger partial charge in [0.15, 0.2) is 0 Å². The van der Waals surface area contributed by atoms with Gasteiger partial charge in [0.05, 0.1) is 10.4 Å². The first-order valence-electron chi connectivity index (χ1n) is 6.25. The number of benzene rings is 1. The molecule has 1 amide bonds. The van der Waals surface area contributed by atoms with Crippen molar-refractivity contribution in [2.45, 2.75) is 24.3 Å². The fourth-order valence-electron chi connectivity index (χ4n) is 1.96. The lowest BCUT2D eigenvalue weighted by atomic mass is 10.2. The maximum Gasteiger partial charge on any atom is 0.240 e. The van der Waals surface area contributed by atoms with Gasteiger partial charge in [-0.1, -0.05) is 0 Å². The first kappa shape index (κ1) is 15.2. The predicted molar refractivity (Wildman–Crippen MR) is 79.8 cm³/mol. The molecule has 0 bridgehead atoms. The molecular formula is C13H16N4O3S.